The topological polar surface area (TPSA) is 57.7 Å². The average Bonchev–Trinajstić information content (AvgIpc) is 2.64. The van der Waals surface area contributed by atoms with Crippen molar-refractivity contribution in [1.29, 1.82) is 0 Å². The first-order valence-corrected chi connectivity index (χ1v) is 9.51. The van der Waals surface area contributed by atoms with Crippen molar-refractivity contribution in [2.24, 2.45) is 0 Å². The summed E-state index contributed by atoms with van der Waals surface area (Å²) in [6.07, 6.45) is 0. The first-order valence-electron chi connectivity index (χ1n) is 7.69. The number of piperazine rings is 1. The largest absolute Gasteiger partial charge is 0.336 e. The van der Waals surface area contributed by atoms with Crippen molar-refractivity contribution < 1.29 is 17.6 Å². The van der Waals surface area contributed by atoms with E-state index in [4.69, 9.17) is 11.6 Å². The second-order valence-electron chi connectivity index (χ2n) is 5.64. The number of carbonyl (C=O) groups is 1. The molecule has 8 heteroatoms. The molecule has 1 fully saturated rings. The van der Waals surface area contributed by atoms with Crippen molar-refractivity contribution in [3.63, 3.8) is 0 Å². The standard InChI is InChI=1S/C17H16ClFN2O3S/c18-15-12-14(6-7-16(15)19)25(23,24)21-10-8-20(9-11-21)17(22)13-4-2-1-3-5-13/h1-7,12H,8-11H2. The van der Waals surface area contributed by atoms with Crippen molar-refractivity contribution in [2.75, 3.05) is 26.2 Å². The fourth-order valence-electron chi connectivity index (χ4n) is 2.68. The molecule has 0 N–H and O–H groups in total. The number of nitrogens with zero attached hydrogens (tertiary/aromatic N) is 2. The molecule has 1 aliphatic rings. The smallest absolute Gasteiger partial charge is 0.253 e. The lowest BCUT2D eigenvalue weighted by Gasteiger charge is -2.34. The molecule has 3 rings (SSSR count). The second-order valence-corrected chi connectivity index (χ2v) is 7.98. The molecule has 1 amide bonds. The normalized spacial score (nSPS) is 16.0. The minimum atomic E-state index is -3.77. The van der Waals surface area contributed by atoms with Gasteiger partial charge in [-0.2, -0.15) is 4.31 Å². The summed E-state index contributed by atoms with van der Waals surface area (Å²) in [5, 5.41) is -0.237. The number of hydrogen-bond donors (Lipinski definition) is 0. The van der Waals surface area contributed by atoms with Crippen LogP contribution < -0.4 is 0 Å². The Morgan fingerprint density at radius 2 is 1.64 bits per heavy atom. The molecule has 2 aromatic carbocycles. The van der Waals surface area contributed by atoms with Crippen molar-refractivity contribution in [1.82, 2.24) is 9.21 Å². The van der Waals surface area contributed by atoms with Gasteiger partial charge < -0.3 is 4.90 Å². The monoisotopic (exact) mass is 382 g/mol. The van der Waals surface area contributed by atoms with E-state index in [2.05, 4.69) is 0 Å². The number of carbonyl (C=O) groups excluding carboxylic acids is 1. The summed E-state index contributed by atoms with van der Waals surface area (Å²) in [6.45, 7) is 0.940. The van der Waals surface area contributed by atoms with Crippen LogP contribution in [0.3, 0.4) is 0 Å². The van der Waals surface area contributed by atoms with Crippen LogP contribution in [0.2, 0.25) is 5.02 Å². The third-order valence-corrected chi connectivity index (χ3v) is 6.26. The Hall–Kier alpha value is -1.96. The molecule has 0 saturated carbocycles. The number of rotatable bonds is 3. The van der Waals surface area contributed by atoms with Gasteiger partial charge in [-0.05, 0) is 30.3 Å². The predicted molar refractivity (Wildman–Crippen MR) is 92.5 cm³/mol. The average molecular weight is 383 g/mol. The van der Waals surface area contributed by atoms with Gasteiger partial charge in [0, 0.05) is 31.7 Å². The molecule has 0 aliphatic carbocycles. The lowest BCUT2D eigenvalue weighted by molar-refractivity contribution is 0.0698. The van der Waals surface area contributed by atoms with Gasteiger partial charge in [-0.3, -0.25) is 4.79 Å². The van der Waals surface area contributed by atoms with E-state index in [1.807, 2.05) is 6.07 Å². The number of halogens is 2. The van der Waals surface area contributed by atoms with Crippen LogP contribution in [0, 0.1) is 5.82 Å². The minimum absolute atomic E-state index is 0.0539. The molecule has 25 heavy (non-hydrogen) atoms. The van der Waals surface area contributed by atoms with Gasteiger partial charge in [0.2, 0.25) is 10.0 Å². The highest BCUT2D eigenvalue weighted by atomic mass is 35.5. The van der Waals surface area contributed by atoms with E-state index < -0.39 is 15.8 Å². The van der Waals surface area contributed by atoms with Crippen LogP contribution in [-0.4, -0.2) is 49.7 Å². The highest BCUT2D eigenvalue weighted by Crippen LogP contribution is 2.23. The van der Waals surface area contributed by atoms with Gasteiger partial charge in [-0.1, -0.05) is 29.8 Å². The molecule has 132 valence electrons. The molecule has 1 saturated heterocycles. The van der Waals surface area contributed by atoms with Crippen LogP contribution >= 0.6 is 11.6 Å². The summed E-state index contributed by atoms with van der Waals surface area (Å²) in [5.41, 5.74) is 0.573. The van der Waals surface area contributed by atoms with E-state index in [1.54, 1.807) is 29.2 Å². The van der Waals surface area contributed by atoms with Crippen LogP contribution in [-0.2, 0) is 10.0 Å². The number of sulfonamides is 1. The van der Waals surface area contributed by atoms with Crippen LogP contribution in [0.15, 0.2) is 53.4 Å². The summed E-state index contributed by atoms with van der Waals surface area (Å²) in [4.78, 5) is 14.0. The molecule has 1 heterocycles. The Labute approximate surface area is 150 Å². The van der Waals surface area contributed by atoms with E-state index in [0.29, 0.717) is 18.7 Å². The molecule has 1 aliphatic heterocycles. The van der Waals surface area contributed by atoms with Gasteiger partial charge in [0.25, 0.3) is 5.91 Å². The molecule has 0 spiro atoms. The van der Waals surface area contributed by atoms with E-state index >= 15 is 0 Å². The van der Waals surface area contributed by atoms with Crippen LogP contribution in [0.5, 0.6) is 0 Å². The Kier molecular flexibility index (Phi) is 5.08. The van der Waals surface area contributed by atoms with Gasteiger partial charge >= 0.3 is 0 Å². The Bertz CT molecular complexity index is 882. The first-order chi connectivity index (χ1) is 11.9. The molecule has 0 radical (unpaired) electrons. The van der Waals surface area contributed by atoms with Crippen LogP contribution in [0.1, 0.15) is 10.4 Å². The maximum Gasteiger partial charge on any atom is 0.253 e. The Morgan fingerprint density at radius 3 is 2.24 bits per heavy atom. The maximum atomic E-state index is 13.2. The fourth-order valence-corrected chi connectivity index (χ4v) is 4.38. The van der Waals surface area contributed by atoms with Gasteiger partial charge in [-0.15, -0.1) is 0 Å². The van der Waals surface area contributed by atoms with Crippen molar-refractivity contribution in [3.05, 3.63) is 64.9 Å². The lowest BCUT2D eigenvalue weighted by Crippen LogP contribution is -2.50. The van der Waals surface area contributed by atoms with Crippen molar-refractivity contribution in [3.8, 4) is 0 Å². The zero-order chi connectivity index (χ0) is 18.0. The summed E-state index contributed by atoms with van der Waals surface area (Å²) in [5.74, 6) is -0.790. The summed E-state index contributed by atoms with van der Waals surface area (Å²) in [6, 6.07) is 12.2. The van der Waals surface area contributed by atoms with E-state index in [0.717, 1.165) is 12.1 Å². The third kappa shape index (κ3) is 3.68. The van der Waals surface area contributed by atoms with E-state index in [9.17, 15) is 17.6 Å². The predicted octanol–water partition coefficient (Wildman–Crippen LogP) is 2.63. The summed E-state index contributed by atoms with van der Waals surface area (Å²) < 4.78 is 39.8. The molecular formula is C17H16ClFN2O3S. The number of benzene rings is 2. The second kappa shape index (κ2) is 7.11. The molecule has 0 bridgehead atoms. The van der Waals surface area contributed by atoms with Crippen molar-refractivity contribution in [2.45, 2.75) is 4.90 Å². The highest BCUT2D eigenvalue weighted by Gasteiger charge is 2.30. The Morgan fingerprint density at radius 1 is 1.00 bits per heavy atom. The van der Waals surface area contributed by atoms with Gasteiger partial charge in [0.15, 0.2) is 0 Å². The summed E-state index contributed by atoms with van der Waals surface area (Å²) in [7, 11) is -3.77. The summed E-state index contributed by atoms with van der Waals surface area (Å²) >= 11 is 5.68. The van der Waals surface area contributed by atoms with Crippen LogP contribution in [0.4, 0.5) is 4.39 Å². The van der Waals surface area contributed by atoms with Gasteiger partial charge in [0.1, 0.15) is 5.82 Å². The first kappa shape index (κ1) is 17.8. The zero-order valence-corrected chi connectivity index (χ0v) is 14.8. The molecule has 0 aromatic heterocycles. The van der Waals surface area contributed by atoms with Gasteiger partial charge in [0.05, 0.1) is 9.92 Å². The zero-order valence-electron chi connectivity index (χ0n) is 13.2. The minimum Gasteiger partial charge on any atom is -0.336 e. The van der Waals surface area contributed by atoms with Gasteiger partial charge in [-0.25, -0.2) is 12.8 Å². The quantitative estimate of drug-likeness (QED) is 0.820. The molecular weight excluding hydrogens is 367 g/mol. The van der Waals surface area contributed by atoms with E-state index in [1.165, 1.54) is 10.4 Å². The fraction of sp³-hybridized carbons (Fsp3) is 0.235. The van der Waals surface area contributed by atoms with E-state index in [-0.39, 0.29) is 28.9 Å². The molecule has 5 nitrogen and oxygen atoms in total. The molecule has 0 unspecified atom stereocenters. The Balaban J connectivity index is 1.71. The molecule has 2 aromatic rings. The SMILES string of the molecule is O=C(c1ccccc1)N1CCN(S(=O)(=O)c2ccc(F)c(Cl)c2)CC1. The molecule has 0 atom stereocenters. The lowest BCUT2D eigenvalue weighted by atomic mass is 10.2. The third-order valence-electron chi connectivity index (χ3n) is 4.08. The number of hydrogen-bond acceptors (Lipinski definition) is 3. The van der Waals surface area contributed by atoms with Crippen molar-refractivity contribution >= 4 is 27.5 Å². The van der Waals surface area contributed by atoms with Crippen LogP contribution in [0.25, 0.3) is 0 Å². The highest BCUT2D eigenvalue weighted by molar-refractivity contribution is 7.89. The number of amides is 1. The maximum absolute atomic E-state index is 13.2.